The van der Waals surface area contributed by atoms with Gasteiger partial charge >= 0.3 is 11.9 Å². The Morgan fingerprint density at radius 3 is 2.30 bits per heavy atom. The molecule has 1 amide bonds. The molecule has 1 aromatic heterocycles. The lowest BCUT2D eigenvalue weighted by atomic mass is 10.1. The van der Waals surface area contributed by atoms with Gasteiger partial charge in [-0.25, -0.2) is 9.59 Å². The Morgan fingerprint density at radius 1 is 1.13 bits per heavy atom. The molecule has 0 aliphatic heterocycles. The van der Waals surface area contributed by atoms with E-state index in [-0.39, 0.29) is 45.8 Å². The molecule has 2 aromatic rings. The first-order valence-electron chi connectivity index (χ1n) is 9.19. The minimum atomic E-state index is -0.673. The fourth-order valence-corrected chi connectivity index (χ4v) is 3.55. The predicted molar refractivity (Wildman–Crippen MR) is 111 cm³/mol. The summed E-state index contributed by atoms with van der Waals surface area (Å²) in [5, 5.41) is 13.5. The van der Waals surface area contributed by atoms with Gasteiger partial charge in [-0.3, -0.25) is 14.9 Å². The molecule has 0 unspecified atom stereocenters. The van der Waals surface area contributed by atoms with Crippen LogP contribution >= 0.6 is 11.3 Å². The average molecular weight is 434 g/mol. The zero-order valence-electron chi connectivity index (χ0n) is 17.0. The van der Waals surface area contributed by atoms with E-state index >= 15 is 0 Å². The number of benzene rings is 1. The molecular formula is C20H22N2O7S. The average Bonchev–Trinajstić information content (AvgIpc) is 3.02. The van der Waals surface area contributed by atoms with E-state index in [1.165, 1.54) is 24.3 Å². The number of nitrogens with zero attached hydrogens (tertiary/aromatic N) is 1. The first-order valence-corrected chi connectivity index (χ1v) is 10.0. The number of hydrogen-bond acceptors (Lipinski definition) is 8. The number of esters is 2. The third kappa shape index (κ3) is 5.41. The molecule has 0 fully saturated rings. The van der Waals surface area contributed by atoms with Crippen molar-refractivity contribution in [3.8, 4) is 0 Å². The molecule has 30 heavy (non-hydrogen) atoms. The zero-order valence-corrected chi connectivity index (χ0v) is 17.8. The van der Waals surface area contributed by atoms with Crippen molar-refractivity contribution >= 4 is 39.9 Å². The van der Waals surface area contributed by atoms with Gasteiger partial charge in [-0.2, -0.15) is 0 Å². The SMILES string of the molecule is CCOC(=O)c1c(NC(=O)c2ccc([N+](=O)[O-])cc2)sc(C(=O)OCC(C)C)c1C. The van der Waals surface area contributed by atoms with Crippen LogP contribution in [0.2, 0.25) is 0 Å². The van der Waals surface area contributed by atoms with Gasteiger partial charge in [0.15, 0.2) is 0 Å². The van der Waals surface area contributed by atoms with Gasteiger partial charge in [0.05, 0.1) is 23.7 Å². The minimum absolute atomic E-state index is 0.0774. The Morgan fingerprint density at radius 2 is 1.77 bits per heavy atom. The summed E-state index contributed by atoms with van der Waals surface area (Å²) in [5.41, 5.74) is 0.436. The largest absolute Gasteiger partial charge is 0.462 e. The van der Waals surface area contributed by atoms with E-state index in [1.54, 1.807) is 13.8 Å². The van der Waals surface area contributed by atoms with Gasteiger partial charge in [0.25, 0.3) is 11.6 Å². The molecule has 1 aromatic carbocycles. The van der Waals surface area contributed by atoms with E-state index in [1.807, 2.05) is 13.8 Å². The highest BCUT2D eigenvalue weighted by molar-refractivity contribution is 7.18. The smallest absolute Gasteiger partial charge is 0.348 e. The number of rotatable bonds is 8. The van der Waals surface area contributed by atoms with E-state index < -0.39 is 22.8 Å². The molecule has 9 nitrogen and oxygen atoms in total. The van der Waals surface area contributed by atoms with Crippen molar-refractivity contribution in [1.29, 1.82) is 0 Å². The van der Waals surface area contributed by atoms with Gasteiger partial charge in [0.2, 0.25) is 0 Å². The van der Waals surface area contributed by atoms with E-state index in [4.69, 9.17) is 9.47 Å². The summed E-state index contributed by atoms with van der Waals surface area (Å²) in [6.45, 7) is 7.36. The molecule has 10 heteroatoms. The van der Waals surface area contributed by atoms with Crippen LogP contribution < -0.4 is 5.32 Å². The molecule has 0 radical (unpaired) electrons. The summed E-state index contributed by atoms with van der Waals surface area (Å²) in [5.74, 6) is -1.71. The molecule has 0 atom stereocenters. The molecule has 0 bridgehead atoms. The third-order valence-electron chi connectivity index (χ3n) is 3.93. The molecular weight excluding hydrogens is 412 g/mol. The van der Waals surface area contributed by atoms with Gasteiger partial charge < -0.3 is 14.8 Å². The Kier molecular flexibility index (Phi) is 7.65. The van der Waals surface area contributed by atoms with Gasteiger partial charge in [0.1, 0.15) is 9.88 Å². The summed E-state index contributed by atoms with van der Waals surface area (Å²) >= 11 is 0.916. The number of carbonyl (C=O) groups is 3. The van der Waals surface area contributed by atoms with Crippen molar-refractivity contribution in [3.05, 3.63) is 55.9 Å². The highest BCUT2D eigenvalue weighted by Gasteiger charge is 2.27. The summed E-state index contributed by atoms with van der Waals surface area (Å²) < 4.78 is 10.3. The lowest BCUT2D eigenvalue weighted by Gasteiger charge is -2.07. The highest BCUT2D eigenvalue weighted by Crippen LogP contribution is 2.34. The zero-order chi connectivity index (χ0) is 22.4. The van der Waals surface area contributed by atoms with E-state index in [9.17, 15) is 24.5 Å². The standard InChI is InChI=1S/C20H22N2O7S/c1-5-28-19(24)15-12(4)16(20(25)29-10-11(2)3)30-18(15)21-17(23)13-6-8-14(9-7-13)22(26)27/h6-9,11H,5,10H2,1-4H3,(H,21,23). The molecule has 0 saturated carbocycles. The van der Waals surface area contributed by atoms with Gasteiger partial charge in [-0.05, 0) is 37.5 Å². The topological polar surface area (TPSA) is 125 Å². The summed E-state index contributed by atoms with van der Waals surface area (Å²) in [4.78, 5) is 47.8. The lowest BCUT2D eigenvalue weighted by Crippen LogP contribution is -2.15. The number of nitrogens with one attached hydrogen (secondary N) is 1. The maximum Gasteiger partial charge on any atom is 0.348 e. The van der Waals surface area contributed by atoms with Crippen molar-refractivity contribution in [3.63, 3.8) is 0 Å². The lowest BCUT2D eigenvalue weighted by molar-refractivity contribution is -0.384. The van der Waals surface area contributed by atoms with Crippen LogP contribution in [0.3, 0.4) is 0 Å². The van der Waals surface area contributed by atoms with Gasteiger partial charge in [0, 0.05) is 17.7 Å². The number of nitro benzene ring substituents is 1. The fourth-order valence-electron chi connectivity index (χ4n) is 2.46. The van der Waals surface area contributed by atoms with Crippen LogP contribution in [0.15, 0.2) is 24.3 Å². The number of hydrogen-bond donors (Lipinski definition) is 1. The van der Waals surface area contributed by atoms with Crippen molar-refractivity contribution in [2.45, 2.75) is 27.7 Å². The predicted octanol–water partition coefficient (Wildman–Crippen LogP) is 4.21. The van der Waals surface area contributed by atoms with Crippen molar-refractivity contribution < 1.29 is 28.8 Å². The molecule has 2 rings (SSSR count). The Bertz CT molecular complexity index is 964. The highest BCUT2D eigenvalue weighted by atomic mass is 32.1. The van der Waals surface area contributed by atoms with Crippen molar-refractivity contribution in [2.75, 3.05) is 18.5 Å². The van der Waals surface area contributed by atoms with Crippen LogP contribution in [0.25, 0.3) is 0 Å². The summed E-state index contributed by atoms with van der Waals surface area (Å²) in [7, 11) is 0. The maximum atomic E-state index is 12.6. The molecule has 0 aliphatic carbocycles. The van der Waals surface area contributed by atoms with Crippen molar-refractivity contribution in [1.82, 2.24) is 0 Å². The molecule has 0 saturated heterocycles. The molecule has 160 valence electrons. The number of ether oxygens (including phenoxy) is 2. The number of thiophene rings is 1. The number of anilines is 1. The van der Waals surface area contributed by atoms with Crippen LogP contribution in [0.1, 0.15) is 56.7 Å². The maximum absolute atomic E-state index is 12.6. The van der Waals surface area contributed by atoms with Crippen LogP contribution in [0.5, 0.6) is 0 Å². The molecule has 1 heterocycles. The van der Waals surface area contributed by atoms with E-state index in [2.05, 4.69) is 5.32 Å². The second-order valence-electron chi connectivity index (χ2n) is 6.73. The quantitative estimate of drug-likeness (QED) is 0.375. The Hall–Kier alpha value is -3.27. The normalized spacial score (nSPS) is 10.6. The molecule has 0 spiro atoms. The first kappa shape index (κ1) is 23.0. The second kappa shape index (κ2) is 9.97. The van der Waals surface area contributed by atoms with Crippen LogP contribution in [-0.4, -0.2) is 36.0 Å². The number of carbonyl (C=O) groups excluding carboxylic acids is 3. The fraction of sp³-hybridized carbons (Fsp3) is 0.350. The second-order valence-corrected chi connectivity index (χ2v) is 7.75. The van der Waals surface area contributed by atoms with E-state index in [0.29, 0.717) is 5.56 Å². The van der Waals surface area contributed by atoms with Crippen LogP contribution in [0, 0.1) is 23.0 Å². The van der Waals surface area contributed by atoms with Crippen LogP contribution in [0.4, 0.5) is 10.7 Å². The molecule has 0 aliphatic rings. The number of nitro groups is 1. The van der Waals surface area contributed by atoms with Crippen molar-refractivity contribution in [2.24, 2.45) is 5.92 Å². The number of non-ortho nitro benzene ring substituents is 1. The van der Waals surface area contributed by atoms with Gasteiger partial charge in [-0.15, -0.1) is 11.3 Å². The number of amides is 1. The minimum Gasteiger partial charge on any atom is -0.462 e. The Balaban J connectivity index is 2.35. The van der Waals surface area contributed by atoms with Crippen LogP contribution in [-0.2, 0) is 9.47 Å². The van der Waals surface area contributed by atoms with Gasteiger partial charge in [-0.1, -0.05) is 13.8 Å². The Labute approximate surface area is 177 Å². The monoisotopic (exact) mass is 434 g/mol. The van der Waals surface area contributed by atoms with E-state index in [0.717, 1.165) is 11.3 Å². The third-order valence-corrected chi connectivity index (χ3v) is 5.11. The summed E-state index contributed by atoms with van der Waals surface area (Å²) in [6.07, 6.45) is 0. The molecule has 1 N–H and O–H groups in total. The first-order chi connectivity index (χ1) is 14.1. The summed E-state index contributed by atoms with van der Waals surface area (Å²) in [6, 6.07) is 5.01.